The van der Waals surface area contributed by atoms with Gasteiger partial charge in [-0.3, -0.25) is 9.69 Å². The number of halogens is 1. The third kappa shape index (κ3) is 7.56. The first-order chi connectivity index (χ1) is 16.4. The number of anilines is 1. The molecule has 2 fully saturated rings. The molecule has 0 unspecified atom stereocenters. The number of nitrogens with two attached hydrogens (primary N) is 1. The summed E-state index contributed by atoms with van der Waals surface area (Å²) in [5.74, 6) is 1.74. The van der Waals surface area contributed by atoms with Crippen molar-refractivity contribution in [3.8, 4) is 0 Å². The molecule has 4 rings (SSSR count). The van der Waals surface area contributed by atoms with Crippen LogP contribution in [-0.4, -0.2) is 22.9 Å². The Morgan fingerprint density at radius 3 is 1.88 bits per heavy atom. The van der Waals surface area contributed by atoms with Gasteiger partial charge in [-0.05, 0) is 105 Å². The van der Waals surface area contributed by atoms with Crippen molar-refractivity contribution in [2.45, 2.75) is 89.9 Å². The largest absolute Gasteiger partial charge is 0.328 e. The van der Waals surface area contributed by atoms with Gasteiger partial charge in [0, 0.05) is 42.8 Å². The fourth-order valence-electron chi connectivity index (χ4n) is 5.91. The standard InChI is InChI=1S/C29H40ClN3O/c1-21(34)32-28-14-6-25(7-15-28)20-33(19-24-2-10-26(30)11-3-24)29-16-8-23(9-17-29)18-22-4-12-27(31)13-5-22/h2-3,6-7,10-11,14-15,22-23,27,29H,4-5,8-9,12-13,16-20,31H2,1H3,(H,32,34). The summed E-state index contributed by atoms with van der Waals surface area (Å²) in [4.78, 5) is 14.0. The first kappa shape index (κ1) is 25.2. The summed E-state index contributed by atoms with van der Waals surface area (Å²) in [7, 11) is 0. The summed E-state index contributed by atoms with van der Waals surface area (Å²) in [6.07, 6.45) is 11.7. The molecule has 0 aliphatic heterocycles. The van der Waals surface area contributed by atoms with Gasteiger partial charge in [0.2, 0.25) is 5.91 Å². The van der Waals surface area contributed by atoms with E-state index in [2.05, 4.69) is 34.5 Å². The lowest BCUT2D eigenvalue weighted by Crippen LogP contribution is -2.37. The minimum atomic E-state index is -0.0371. The molecule has 4 nitrogen and oxygen atoms in total. The van der Waals surface area contributed by atoms with Gasteiger partial charge < -0.3 is 11.1 Å². The maximum Gasteiger partial charge on any atom is 0.221 e. The Hall–Kier alpha value is -1.88. The molecule has 3 N–H and O–H groups in total. The van der Waals surface area contributed by atoms with Crippen LogP contribution < -0.4 is 11.1 Å². The highest BCUT2D eigenvalue weighted by atomic mass is 35.5. The highest BCUT2D eigenvalue weighted by Crippen LogP contribution is 2.37. The molecule has 2 aromatic carbocycles. The molecular formula is C29H40ClN3O. The van der Waals surface area contributed by atoms with Gasteiger partial charge in [0.25, 0.3) is 0 Å². The maximum absolute atomic E-state index is 11.3. The Bertz CT molecular complexity index is 898. The van der Waals surface area contributed by atoms with Crippen molar-refractivity contribution < 1.29 is 4.79 Å². The number of nitrogens with zero attached hydrogens (tertiary/aromatic N) is 1. The zero-order valence-electron chi connectivity index (χ0n) is 20.5. The fourth-order valence-corrected chi connectivity index (χ4v) is 6.04. The minimum Gasteiger partial charge on any atom is -0.328 e. The number of carbonyl (C=O) groups excluding carboxylic acids is 1. The van der Waals surface area contributed by atoms with Gasteiger partial charge in [-0.1, -0.05) is 35.9 Å². The Balaban J connectivity index is 1.37. The van der Waals surface area contributed by atoms with Crippen LogP contribution in [0.2, 0.25) is 5.02 Å². The Morgan fingerprint density at radius 2 is 1.35 bits per heavy atom. The van der Waals surface area contributed by atoms with Crippen molar-refractivity contribution in [3.05, 3.63) is 64.7 Å². The van der Waals surface area contributed by atoms with E-state index in [-0.39, 0.29) is 5.91 Å². The first-order valence-electron chi connectivity index (χ1n) is 13.0. The molecule has 0 spiro atoms. The van der Waals surface area contributed by atoms with Crippen molar-refractivity contribution in [2.75, 3.05) is 5.32 Å². The zero-order valence-corrected chi connectivity index (χ0v) is 21.3. The van der Waals surface area contributed by atoms with Crippen molar-refractivity contribution in [3.63, 3.8) is 0 Å². The maximum atomic E-state index is 11.3. The molecular weight excluding hydrogens is 442 g/mol. The quantitative estimate of drug-likeness (QED) is 0.437. The highest BCUT2D eigenvalue weighted by Gasteiger charge is 2.29. The van der Waals surface area contributed by atoms with Gasteiger partial charge in [-0.25, -0.2) is 0 Å². The number of nitrogens with one attached hydrogen (secondary N) is 1. The van der Waals surface area contributed by atoms with Crippen LogP contribution in [0.4, 0.5) is 5.69 Å². The summed E-state index contributed by atoms with van der Waals surface area (Å²) in [6, 6.07) is 17.6. The predicted molar refractivity (Wildman–Crippen MR) is 142 cm³/mol. The van der Waals surface area contributed by atoms with Crippen LogP contribution in [-0.2, 0) is 17.9 Å². The Morgan fingerprint density at radius 1 is 0.853 bits per heavy atom. The van der Waals surface area contributed by atoms with Gasteiger partial charge in [0.1, 0.15) is 0 Å². The SMILES string of the molecule is CC(=O)Nc1ccc(CN(Cc2ccc(Cl)cc2)C2CCC(CC3CCC(N)CC3)CC2)cc1. The fraction of sp³-hybridized carbons (Fsp3) is 0.552. The van der Waals surface area contributed by atoms with Crippen molar-refractivity contribution in [1.29, 1.82) is 0 Å². The molecule has 0 aromatic heterocycles. The number of rotatable bonds is 8. The second kappa shape index (κ2) is 12.2. The molecule has 1 amide bonds. The Labute approximate surface area is 210 Å². The predicted octanol–water partition coefficient (Wildman–Crippen LogP) is 6.77. The molecule has 184 valence electrons. The van der Waals surface area contributed by atoms with Gasteiger partial charge >= 0.3 is 0 Å². The van der Waals surface area contributed by atoms with Gasteiger partial charge in [-0.15, -0.1) is 0 Å². The number of hydrogen-bond donors (Lipinski definition) is 2. The molecule has 2 aliphatic rings. The van der Waals surface area contributed by atoms with E-state index in [0.717, 1.165) is 35.6 Å². The van der Waals surface area contributed by atoms with Crippen LogP contribution >= 0.6 is 11.6 Å². The summed E-state index contributed by atoms with van der Waals surface area (Å²) in [6.45, 7) is 3.39. The molecule has 5 heteroatoms. The summed E-state index contributed by atoms with van der Waals surface area (Å²) in [5.41, 5.74) is 9.55. The molecule has 34 heavy (non-hydrogen) atoms. The van der Waals surface area contributed by atoms with Crippen molar-refractivity contribution in [2.24, 2.45) is 17.6 Å². The lowest BCUT2D eigenvalue weighted by Gasteiger charge is -2.38. The summed E-state index contributed by atoms with van der Waals surface area (Å²) < 4.78 is 0. The van der Waals surface area contributed by atoms with Crippen LogP contribution in [0.25, 0.3) is 0 Å². The number of amides is 1. The van der Waals surface area contributed by atoms with Crippen molar-refractivity contribution >= 4 is 23.2 Å². The molecule has 0 atom stereocenters. The van der Waals surface area contributed by atoms with E-state index in [1.807, 2.05) is 24.3 Å². The molecule has 0 heterocycles. The highest BCUT2D eigenvalue weighted by molar-refractivity contribution is 6.30. The van der Waals surface area contributed by atoms with Crippen LogP contribution in [0, 0.1) is 11.8 Å². The van der Waals surface area contributed by atoms with E-state index in [1.165, 1.54) is 68.9 Å². The minimum absolute atomic E-state index is 0.0371. The molecule has 2 aromatic rings. The first-order valence-corrected chi connectivity index (χ1v) is 13.4. The number of hydrogen-bond acceptors (Lipinski definition) is 3. The average molecular weight is 482 g/mol. The third-order valence-corrected chi connectivity index (χ3v) is 8.10. The zero-order chi connectivity index (χ0) is 23.9. The molecule has 0 bridgehead atoms. The van der Waals surface area contributed by atoms with Crippen LogP contribution in [0.15, 0.2) is 48.5 Å². The monoisotopic (exact) mass is 481 g/mol. The lowest BCUT2D eigenvalue weighted by atomic mass is 9.75. The van der Waals surface area contributed by atoms with Gasteiger partial charge in [0.05, 0.1) is 0 Å². The molecule has 2 saturated carbocycles. The van der Waals surface area contributed by atoms with Crippen LogP contribution in [0.5, 0.6) is 0 Å². The van der Waals surface area contributed by atoms with E-state index in [1.54, 1.807) is 6.92 Å². The number of carbonyl (C=O) groups is 1. The van der Waals surface area contributed by atoms with Gasteiger partial charge in [0.15, 0.2) is 0 Å². The van der Waals surface area contributed by atoms with Crippen molar-refractivity contribution in [1.82, 2.24) is 4.90 Å². The molecule has 0 radical (unpaired) electrons. The molecule has 2 aliphatic carbocycles. The van der Waals surface area contributed by atoms with E-state index in [9.17, 15) is 4.79 Å². The van der Waals surface area contributed by atoms with Crippen LogP contribution in [0.1, 0.15) is 75.8 Å². The van der Waals surface area contributed by atoms with E-state index >= 15 is 0 Å². The topological polar surface area (TPSA) is 58.4 Å². The average Bonchev–Trinajstić information content (AvgIpc) is 2.83. The second-order valence-corrected chi connectivity index (χ2v) is 11.0. The summed E-state index contributed by atoms with van der Waals surface area (Å²) in [5, 5.41) is 3.65. The van der Waals surface area contributed by atoms with Gasteiger partial charge in [-0.2, -0.15) is 0 Å². The van der Waals surface area contributed by atoms with E-state index in [0.29, 0.717) is 12.1 Å². The summed E-state index contributed by atoms with van der Waals surface area (Å²) >= 11 is 6.13. The third-order valence-electron chi connectivity index (χ3n) is 7.85. The number of benzene rings is 2. The van der Waals surface area contributed by atoms with Crippen LogP contribution in [0.3, 0.4) is 0 Å². The Kier molecular flexibility index (Phi) is 9.04. The second-order valence-electron chi connectivity index (χ2n) is 10.6. The lowest BCUT2D eigenvalue weighted by molar-refractivity contribution is -0.114. The molecule has 0 saturated heterocycles. The van der Waals surface area contributed by atoms with E-state index in [4.69, 9.17) is 17.3 Å². The normalized spacial score (nSPS) is 25.3. The smallest absolute Gasteiger partial charge is 0.221 e. The van der Waals surface area contributed by atoms with E-state index < -0.39 is 0 Å².